The van der Waals surface area contributed by atoms with Gasteiger partial charge in [0.25, 0.3) is 5.91 Å². The summed E-state index contributed by atoms with van der Waals surface area (Å²) in [5.41, 5.74) is 1.98. The molecule has 0 radical (unpaired) electrons. The molecule has 28 heavy (non-hydrogen) atoms. The van der Waals surface area contributed by atoms with Crippen LogP contribution in [0, 0.1) is 5.92 Å². The molecule has 0 aromatic heterocycles. The van der Waals surface area contributed by atoms with Gasteiger partial charge in [-0.15, -0.1) is 0 Å². The van der Waals surface area contributed by atoms with Gasteiger partial charge in [-0.3, -0.25) is 9.59 Å². The Labute approximate surface area is 173 Å². The molecule has 0 saturated carbocycles. The first kappa shape index (κ1) is 20.2. The first-order chi connectivity index (χ1) is 13.3. The van der Waals surface area contributed by atoms with Crippen molar-refractivity contribution in [2.24, 2.45) is 5.92 Å². The number of rotatable bonds is 5. The highest BCUT2D eigenvalue weighted by atomic mass is 35.5. The van der Waals surface area contributed by atoms with E-state index in [4.69, 9.17) is 27.9 Å². The number of hydrogen-bond donors (Lipinski definition) is 1. The number of benzene rings is 2. The molecule has 1 N–H and O–H groups in total. The Morgan fingerprint density at radius 2 is 2.04 bits per heavy atom. The van der Waals surface area contributed by atoms with Crippen molar-refractivity contribution in [2.75, 3.05) is 23.4 Å². The maximum atomic E-state index is 12.2. The Bertz CT molecular complexity index is 941. The van der Waals surface area contributed by atoms with Gasteiger partial charge in [-0.2, -0.15) is 0 Å². The lowest BCUT2D eigenvalue weighted by atomic mass is 10.1. The summed E-state index contributed by atoms with van der Waals surface area (Å²) < 4.78 is 5.54. The van der Waals surface area contributed by atoms with Crippen LogP contribution in [0.1, 0.15) is 19.4 Å². The average Bonchev–Trinajstić information content (AvgIpc) is 2.63. The summed E-state index contributed by atoms with van der Waals surface area (Å²) in [6.45, 7) is 4.71. The monoisotopic (exact) mass is 418 g/mol. The first-order valence-electron chi connectivity index (χ1n) is 8.85. The molecule has 0 unspecified atom stereocenters. The van der Waals surface area contributed by atoms with E-state index in [-0.39, 0.29) is 18.4 Å². The quantitative estimate of drug-likeness (QED) is 0.692. The van der Waals surface area contributed by atoms with Gasteiger partial charge in [0.1, 0.15) is 5.75 Å². The van der Waals surface area contributed by atoms with Gasteiger partial charge in [0, 0.05) is 34.4 Å². The molecule has 2 aromatic rings. The Morgan fingerprint density at radius 3 is 2.75 bits per heavy atom. The predicted molar refractivity (Wildman–Crippen MR) is 113 cm³/mol. The van der Waals surface area contributed by atoms with Gasteiger partial charge >= 0.3 is 0 Å². The van der Waals surface area contributed by atoms with E-state index in [1.165, 1.54) is 6.08 Å². The van der Waals surface area contributed by atoms with Crippen molar-refractivity contribution in [3.8, 4) is 5.75 Å². The molecule has 146 valence electrons. The highest BCUT2D eigenvalue weighted by Gasteiger charge is 2.26. The number of ether oxygens (including phenoxy) is 1. The van der Waals surface area contributed by atoms with Gasteiger partial charge in [0.05, 0.1) is 5.69 Å². The van der Waals surface area contributed by atoms with Crippen molar-refractivity contribution in [1.29, 1.82) is 0 Å². The van der Waals surface area contributed by atoms with E-state index >= 15 is 0 Å². The molecule has 2 aromatic carbocycles. The van der Waals surface area contributed by atoms with Crippen LogP contribution in [0.15, 0.2) is 42.5 Å². The maximum absolute atomic E-state index is 12.2. The largest absolute Gasteiger partial charge is 0.481 e. The van der Waals surface area contributed by atoms with Crippen molar-refractivity contribution in [2.45, 2.75) is 13.8 Å². The molecular weight excluding hydrogens is 399 g/mol. The van der Waals surface area contributed by atoms with Crippen LogP contribution in [-0.2, 0) is 9.59 Å². The molecule has 7 heteroatoms. The van der Waals surface area contributed by atoms with Crippen molar-refractivity contribution >= 4 is 52.5 Å². The van der Waals surface area contributed by atoms with Gasteiger partial charge in [0.15, 0.2) is 6.61 Å². The highest BCUT2D eigenvalue weighted by Crippen LogP contribution is 2.35. The summed E-state index contributed by atoms with van der Waals surface area (Å²) in [5.74, 6) is 0.527. The van der Waals surface area contributed by atoms with Gasteiger partial charge in [-0.1, -0.05) is 43.1 Å². The van der Waals surface area contributed by atoms with Crippen LogP contribution < -0.4 is 15.0 Å². The summed E-state index contributed by atoms with van der Waals surface area (Å²) in [7, 11) is 0. The van der Waals surface area contributed by atoms with Gasteiger partial charge in [-0.05, 0) is 41.8 Å². The fourth-order valence-corrected chi connectivity index (χ4v) is 3.31. The molecular formula is C21H20Cl2N2O3. The lowest BCUT2D eigenvalue weighted by molar-refractivity contribution is -0.121. The Balaban J connectivity index is 1.72. The maximum Gasteiger partial charge on any atom is 0.265 e. The molecule has 3 rings (SSSR count). The molecule has 0 saturated heterocycles. The number of fused-ring (bicyclic) bond motifs is 1. The SMILES string of the molecule is CC(C)CN1C(=O)COc2cc(NC(=O)/C=C/c3ccc(Cl)cc3Cl)ccc21. The summed E-state index contributed by atoms with van der Waals surface area (Å²) in [6.07, 6.45) is 3.01. The summed E-state index contributed by atoms with van der Waals surface area (Å²) in [4.78, 5) is 26.1. The van der Waals surface area contributed by atoms with E-state index in [0.29, 0.717) is 45.2 Å². The topological polar surface area (TPSA) is 58.6 Å². The summed E-state index contributed by atoms with van der Waals surface area (Å²) >= 11 is 12.0. The third-order valence-electron chi connectivity index (χ3n) is 4.09. The number of nitrogens with one attached hydrogen (secondary N) is 1. The second-order valence-electron chi connectivity index (χ2n) is 6.86. The van der Waals surface area contributed by atoms with E-state index in [9.17, 15) is 9.59 Å². The minimum Gasteiger partial charge on any atom is -0.481 e. The number of halogens is 2. The van der Waals surface area contributed by atoms with Crippen LogP contribution in [0.5, 0.6) is 5.75 Å². The zero-order valence-corrected chi connectivity index (χ0v) is 17.1. The fourth-order valence-electron chi connectivity index (χ4n) is 2.83. The summed E-state index contributed by atoms with van der Waals surface area (Å²) in [6, 6.07) is 10.3. The van der Waals surface area contributed by atoms with Crippen molar-refractivity contribution < 1.29 is 14.3 Å². The lowest BCUT2D eigenvalue weighted by Gasteiger charge is -2.30. The number of amides is 2. The Morgan fingerprint density at radius 1 is 1.25 bits per heavy atom. The van der Waals surface area contributed by atoms with Crippen LogP contribution in [0.4, 0.5) is 11.4 Å². The van der Waals surface area contributed by atoms with Gasteiger partial charge in [-0.25, -0.2) is 0 Å². The minimum absolute atomic E-state index is 0.00785. The van der Waals surface area contributed by atoms with Gasteiger partial charge < -0.3 is 15.0 Å². The number of carbonyl (C=O) groups excluding carboxylic acids is 2. The smallest absolute Gasteiger partial charge is 0.265 e. The van der Waals surface area contributed by atoms with E-state index in [1.54, 1.807) is 47.4 Å². The molecule has 5 nitrogen and oxygen atoms in total. The minimum atomic E-state index is -0.308. The fraction of sp³-hybridized carbons (Fsp3) is 0.238. The molecule has 2 amide bonds. The number of anilines is 2. The van der Waals surface area contributed by atoms with Crippen molar-refractivity contribution in [1.82, 2.24) is 0 Å². The molecule has 0 atom stereocenters. The molecule has 1 aliphatic heterocycles. The summed E-state index contributed by atoms with van der Waals surface area (Å²) in [5, 5.41) is 3.78. The third-order valence-corrected chi connectivity index (χ3v) is 4.66. The normalized spacial score (nSPS) is 13.6. The second-order valence-corrected chi connectivity index (χ2v) is 7.70. The first-order valence-corrected chi connectivity index (χ1v) is 9.60. The molecule has 1 heterocycles. The van der Waals surface area contributed by atoms with Crippen LogP contribution in [0.25, 0.3) is 6.08 Å². The van der Waals surface area contributed by atoms with Gasteiger partial charge in [0.2, 0.25) is 5.91 Å². The van der Waals surface area contributed by atoms with E-state index in [2.05, 4.69) is 19.2 Å². The van der Waals surface area contributed by atoms with Crippen LogP contribution >= 0.6 is 23.2 Å². The molecule has 0 fully saturated rings. The third kappa shape index (κ3) is 4.86. The van der Waals surface area contributed by atoms with E-state index in [1.807, 2.05) is 0 Å². The zero-order valence-electron chi connectivity index (χ0n) is 15.5. The predicted octanol–water partition coefficient (Wildman–Crippen LogP) is 5.03. The average molecular weight is 419 g/mol. The Kier molecular flexibility index (Phi) is 6.27. The molecule has 0 aliphatic carbocycles. The number of hydrogen-bond acceptors (Lipinski definition) is 3. The van der Waals surface area contributed by atoms with Crippen molar-refractivity contribution in [3.63, 3.8) is 0 Å². The standard InChI is InChI=1S/C21H20Cl2N2O3/c1-13(2)11-25-18-7-6-16(10-19(18)28-12-21(25)27)24-20(26)8-4-14-3-5-15(22)9-17(14)23/h3-10,13H,11-12H2,1-2H3,(H,24,26)/b8-4+. The Hall–Kier alpha value is -2.50. The van der Waals surface area contributed by atoms with Crippen LogP contribution in [0.2, 0.25) is 10.0 Å². The molecule has 1 aliphatic rings. The number of carbonyl (C=O) groups is 2. The zero-order chi connectivity index (χ0) is 20.3. The van der Waals surface area contributed by atoms with E-state index in [0.717, 1.165) is 0 Å². The van der Waals surface area contributed by atoms with Crippen molar-refractivity contribution in [3.05, 3.63) is 58.1 Å². The second kappa shape index (κ2) is 8.67. The van der Waals surface area contributed by atoms with E-state index < -0.39 is 0 Å². The lowest BCUT2D eigenvalue weighted by Crippen LogP contribution is -2.40. The number of nitrogens with zero attached hydrogens (tertiary/aromatic N) is 1. The van der Waals surface area contributed by atoms with Crippen LogP contribution in [0.3, 0.4) is 0 Å². The molecule has 0 spiro atoms. The van der Waals surface area contributed by atoms with Crippen LogP contribution in [-0.4, -0.2) is 25.0 Å². The highest BCUT2D eigenvalue weighted by molar-refractivity contribution is 6.35. The molecule has 0 bridgehead atoms.